The number of aliphatic imine (C=N–C) groups is 2. The van der Waals surface area contributed by atoms with Crippen LogP contribution in [0.3, 0.4) is 0 Å². The molecule has 0 aliphatic carbocycles. The molecule has 0 radical (unpaired) electrons. The summed E-state index contributed by atoms with van der Waals surface area (Å²) in [4.78, 5) is 8.86. The molecule has 0 amide bonds. The number of fused-ring (bicyclic) bond motifs is 2. The van der Waals surface area contributed by atoms with Gasteiger partial charge in [-0.25, -0.2) is 4.58 Å². The summed E-state index contributed by atoms with van der Waals surface area (Å²) in [5.74, 6) is 1.88. The van der Waals surface area contributed by atoms with E-state index < -0.39 is 0 Å². The minimum absolute atomic E-state index is 0.906. The molecule has 0 atom stereocenters. The number of nitrogens with zero attached hydrogens (tertiary/aromatic N) is 3. The van der Waals surface area contributed by atoms with Crippen LogP contribution in [0, 0.1) is 41.5 Å². The average molecular weight is 320 g/mol. The van der Waals surface area contributed by atoms with E-state index in [1.54, 1.807) is 0 Å². The Balaban J connectivity index is 2.68. The lowest BCUT2D eigenvalue weighted by Crippen LogP contribution is -2.16. The molecular weight excluding hydrogens is 294 g/mol. The van der Waals surface area contributed by atoms with Gasteiger partial charge in [0, 0.05) is 0 Å². The molecule has 3 rings (SSSR count). The quantitative estimate of drug-likeness (QED) is 0.515. The molecule has 0 saturated carbocycles. The van der Waals surface area contributed by atoms with E-state index in [0.29, 0.717) is 0 Å². The highest BCUT2D eigenvalue weighted by atomic mass is 15.1. The third kappa shape index (κ3) is 1.81. The van der Waals surface area contributed by atoms with Crippen LogP contribution in [0.25, 0.3) is 10.8 Å². The summed E-state index contributed by atoms with van der Waals surface area (Å²) >= 11 is 0. The maximum atomic E-state index is 4.54. The van der Waals surface area contributed by atoms with Gasteiger partial charge in [0.25, 0.3) is 11.7 Å². The number of hydrogen-bond donors (Lipinski definition) is 0. The van der Waals surface area contributed by atoms with Crippen molar-refractivity contribution in [2.75, 3.05) is 14.1 Å². The second kappa shape index (κ2) is 5.37. The Morgan fingerprint density at radius 2 is 1.17 bits per heavy atom. The van der Waals surface area contributed by atoms with Crippen molar-refractivity contribution in [2.24, 2.45) is 9.98 Å². The van der Waals surface area contributed by atoms with Gasteiger partial charge in [-0.3, -0.25) is 0 Å². The lowest BCUT2D eigenvalue weighted by atomic mass is 9.83. The van der Waals surface area contributed by atoms with Crippen LogP contribution < -0.4 is 0 Å². The number of aryl methyl sites for hydroxylation is 4. The van der Waals surface area contributed by atoms with Gasteiger partial charge < -0.3 is 0 Å². The number of benzene rings is 2. The Kier molecular flexibility index (Phi) is 3.71. The molecule has 124 valence electrons. The van der Waals surface area contributed by atoms with Crippen LogP contribution in [0.2, 0.25) is 0 Å². The van der Waals surface area contributed by atoms with E-state index in [0.717, 1.165) is 11.7 Å². The van der Waals surface area contributed by atoms with Gasteiger partial charge in [-0.1, -0.05) is 0 Å². The highest BCUT2D eigenvalue weighted by Gasteiger charge is 2.36. The van der Waals surface area contributed by atoms with Crippen molar-refractivity contribution in [1.82, 2.24) is 0 Å². The van der Waals surface area contributed by atoms with E-state index in [9.17, 15) is 0 Å². The lowest BCUT2D eigenvalue weighted by Gasteiger charge is -2.20. The van der Waals surface area contributed by atoms with Crippen LogP contribution >= 0.6 is 0 Å². The van der Waals surface area contributed by atoms with E-state index in [1.165, 1.54) is 55.3 Å². The number of rotatable bonds is 0. The Morgan fingerprint density at radius 1 is 0.708 bits per heavy atom. The Hall–Kier alpha value is -2.29. The molecule has 0 spiro atoms. The minimum Gasteiger partial charge on any atom is -0.229 e. The first kappa shape index (κ1) is 16.6. The molecule has 2 aromatic rings. The van der Waals surface area contributed by atoms with Crippen molar-refractivity contribution < 1.29 is 4.58 Å². The molecule has 24 heavy (non-hydrogen) atoms. The summed E-state index contributed by atoms with van der Waals surface area (Å²) in [6.45, 7) is 17.1. The van der Waals surface area contributed by atoms with Gasteiger partial charge >= 0.3 is 0 Å². The van der Waals surface area contributed by atoms with E-state index in [4.69, 9.17) is 0 Å². The van der Waals surface area contributed by atoms with Crippen LogP contribution in [0.15, 0.2) is 9.98 Å². The Morgan fingerprint density at radius 3 is 1.58 bits per heavy atom. The Bertz CT molecular complexity index is 989. The maximum absolute atomic E-state index is 4.54. The standard InChI is InChI=1S/C21H26N3/c1-10-11(2)13(4)17-15(6)19-18(14(5)16(17)12(10)3)20(22-7)24(9)21(19)23-8/h7H2,1-6,8-9H3/q+1. The largest absolute Gasteiger partial charge is 0.270 e. The van der Waals surface area contributed by atoms with Crippen LogP contribution in [0.5, 0.6) is 0 Å². The molecule has 1 heterocycles. The van der Waals surface area contributed by atoms with E-state index >= 15 is 0 Å². The van der Waals surface area contributed by atoms with Gasteiger partial charge in [0.05, 0.1) is 31.9 Å². The normalized spacial score (nSPS) is 15.6. The summed E-state index contributed by atoms with van der Waals surface area (Å²) in [6.07, 6.45) is 0. The highest BCUT2D eigenvalue weighted by molar-refractivity contribution is 6.20. The second-order valence-corrected chi connectivity index (χ2v) is 6.84. The zero-order valence-corrected chi connectivity index (χ0v) is 16.0. The zero-order valence-electron chi connectivity index (χ0n) is 16.0. The van der Waals surface area contributed by atoms with Crippen molar-refractivity contribution in [1.29, 1.82) is 0 Å². The van der Waals surface area contributed by atoms with E-state index in [-0.39, 0.29) is 0 Å². The fraction of sp³-hybridized carbons (Fsp3) is 0.381. The molecule has 3 heteroatoms. The molecule has 0 bridgehead atoms. The summed E-state index contributed by atoms with van der Waals surface area (Å²) < 4.78 is 2.06. The van der Waals surface area contributed by atoms with Crippen molar-refractivity contribution in [3.05, 3.63) is 44.5 Å². The lowest BCUT2D eigenvalue weighted by molar-refractivity contribution is -0.367. The molecule has 0 aromatic heterocycles. The van der Waals surface area contributed by atoms with Crippen LogP contribution in [0.1, 0.15) is 44.5 Å². The molecule has 0 N–H and O–H groups in total. The predicted molar refractivity (Wildman–Crippen MR) is 105 cm³/mol. The SMILES string of the molecule is C=NC1=[N+](C)C(=NC)c2c1c(C)c1c(C)c(C)c(C)c(C)c1c2C. The van der Waals surface area contributed by atoms with Gasteiger partial charge in [-0.05, 0) is 85.7 Å². The third-order valence-corrected chi connectivity index (χ3v) is 5.88. The zero-order chi connectivity index (χ0) is 17.9. The fourth-order valence-electron chi connectivity index (χ4n) is 4.32. The topological polar surface area (TPSA) is 27.7 Å². The first-order chi connectivity index (χ1) is 11.3. The van der Waals surface area contributed by atoms with Gasteiger partial charge in [0.1, 0.15) is 0 Å². The average Bonchev–Trinajstić information content (AvgIpc) is 2.86. The summed E-state index contributed by atoms with van der Waals surface area (Å²) in [7, 11) is 3.87. The fourth-order valence-corrected chi connectivity index (χ4v) is 4.32. The van der Waals surface area contributed by atoms with E-state index in [1.807, 2.05) is 14.1 Å². The second-order valence-electron chi connectivity index (χ2n) is 6.84. The highest BCUT2D eigenvalue weighted by Crippen LogP contribution is 2.39. The molecule has 1 aliphatic heterocycles. The third-order valence-electron chi connectivity index (χ3n) is 5.88. The minimum atomic E-state index is 0.906. The molecular formula is C21H26N3+. The van der Waals surface area contributed by atoms with Gasteiger partial charge in [-0.15, -0.1) is 9.98 Å². The molecule has 1 aliphatic rings. The Labute approximate surface area is 144 Å². The van der Waals surface area contributed by atoms with Crippen molar-refractivity contribution >= 4 is 29.2 Å². The van der Waals surface area contributed by atoms with Crippen molar-refractivity contribution in [3.63, 3.8) is 0 Å². The van der Waals surface area contributed by atoms with Crippen molar-refractivity contribution in [2.45, 2.75) is 41.5 Å². The first-order valence-corrected chi connectivity index (χ1v) is 8.36. The smallest absolute Gasteiger partial charge is 0.229 e. The van der Waals surface area contributed by atoms with Crippen molar-refractivity contribution in [3.8, 4) is 0 Å². The molecule has 0 saturated heterocycles. The monoisotopic (exact) mass is 320 g/mol. The molecule has 2 aromatic carbocycles. The summed E-state index contributed by atoms with van der Waals surface area (Å²) in [5, 5.41) is 2.73. The van der Waals surface area contributed by atoms with E-state index in [2.05, 4.69) is 62.8 Å². The van der Waals surface area contributed by atoms with Gasteiger partial charge in [-0.2, -0.15) is 0 Å². The van der Waals surface area contributed by atoms with Crippen LogP contribution in [-0.4, -0.2) is 37.1 Å². The van der Waals surface area contributed by atoms with Crippen LogP contribution in [0.4, 0.5) is 0 Å². The van der Waals surface area contributed by atoms with Gasteiger partial charge in [0.15, 0.2) is 0 Å². The molecule has 0 fully saturated rings. The molecule has 3 nitrogen and oxygen atoms in total. The summed E-state index contributed by atoms with van der Waals surface area (Å²) in [5.41, 5.74) is 10.5. The number of amidine groups is 2. The molecule has 0 unspecified atom stereocenters. The maximum Gasteiger partial charge on any atom is 0.270 e. The van der Waals surface area contributed by atoms with Crippen LogP contribution in [-0.2, 0) is 0 Å². The first-order valence-electron chi connectivity index (χ1n) is 8.36. The summed E-state index contributed by atoms with van der Waals surface area (Å²) in [6, 6.07) is 0. The number of hydrogen-bond acceptors (Lipinski definition) is 2. The predicted octanol–water partition coefficient (Wildman–Crippen LogP) is 4.17. The van der Waals surface area contributed by atoms with Gasteiger partial charge in [0.2, 0.25) is 0 Å².